The zero-order chi connectivity index (χ0) is 14.8. The molecule has 1 fully saturated rings. The molecule has 0 aliphatic carbocycles. The van der Waals surface area contributed by atoms with E-state index in [-0.39, 0.29) is 17.9 Å². The smallest absolute Gasteiger partial charge is 0.269 e. The molecule has 108 valence electrons. The van der Waals surface area contributed by atoms with Crippen molar-refractivity contribution < 1.29 is 9.59 Å². The van der Waals surface area contributed by atoms with Gasteiger partial charge in [-0.15, -0.1) is 0 Å². The van der Waals surface area contributed by atoms with Gasteiger partial charge in [0, 0.05) is 17.9 Å². The molecule has 21 heavy (non-hydrogen) atoms. The van der Waals surface area contributed by atoms with Crippen LogP contribution in [0.5, 0.6) is 0 Å². The van der Waals surface area contributed by atoms with E-state index in [0.717, 1.165) is 5.69 Å². The Kier molecular flexibility index (Phi) is 3.43. The van der Waals surface area contributed by atoms with Crippen LogP contribution in [0.3, 0.4) is 0 Å². The summed E-state index contributed by atoms with van der Waals surface area (Å²) in [6.07, 6.45) is 2.10. The lowest BCUT2D eigenvalue weighted by Crippen LogP contribution is -2.42. The van der Waals surface area contributed by atoms with E-state index < -0.39 is 6.04 Å². The first kappa shape index (κ1) is 13.4. The van der Waals surface area contributed by atoms with Crippen molar-refractivity contribution in [1.29, 1.82) is 0 Å². The van der Waals surface area contributed by atoms with Gasteiger partial charge in [0.1, 0.15) is 11.7 Å². The van der Waals surface area contributed by atoms with Gasteiger partial charge in [0.05, 0.1) is 0 Å². The average molecular weight is 284 g/mol. The number of carbonyl (C=O) groups excluding carboxylic acids is 2. The number of amides is 2. The van der Waals surface area contributed by atoms with E-state index in [1.165, 1.54) is 6.20 Å². The second kappa shape index (κ2) is 5.40. The summed E-state index contributed by atoms with van der Waals surface area (Å²) in [5.41, 5.74) is 1.21. The SMILES string of the molecule is CC1CC(NC(=O)c2ccn[nH]2)C(=O)N1c1ccccc1. The number of para-hydroxylation sites is 1. The van der Waals surface area contributed by atoms with Crippen LogP contribution in [0.25, 0.3) is 0 Å². The molecule has 1 aromatic heterocycles. The largest absolute Gasteiger partial charge is 0.339 e. The third-order valence-electron chi connectivity index (χ3n) is 3.64. The number of H-pyrrole nitrogens is 1. The van der Waals surface area contributed by atoms with Gasteiger partial charge < -0.3 is 10.2 Å². The lowest BCUT2D eigenvalue weighted by atomic mass is 10.2. The first-order valence-electron chi connectivity index (χ1n) is 6.85. The summed E-state index contributed by atoms with van der Waals surface area (Å²) >= 11 is 0. The van der Waals surface area contributed by atoms with Crippen LogP contribution in [0.1, 0.15) is 23.8 Å². The Morgan fingerprint density at radius 2 is 2.10 bits per heavy atom. The zero-order valence-corrected chi connectivity index (χ0v) is 11.6. The molecule has 0 saturated carbocycles. The lowest BCUT2D eigenvalue weighted by molar-refractivity contribution is -0.118. The fourth-order valence-electron chi connectivity index (χ4n) is 2.64. The van der Waals surface area contributed by atoms with Crippen molar-refractivity contribution in [1.82, 2.24) is 15.5 Å². The minimum Gasteiger partial charge on any atom is -0.339 e. The lowest BCUT2D eigenvalue weighted by Gasteiger charge is -2.21. The molecule has 2 atom stereocenters. The molecule has 6 nitrogen and oxygen atoms in total. The topological polar surface area (TPSA) is 78.1 Å². The number of aromatic amines is 1. The van der Waals surface area contributed by atoms with Crippen LogP contribution in [0.2, 0.25) is 0 Å². The monoisotopic (exact) mass is 284 g/mol. The van der Waals surface area contributed by atoms with Gasteiger partial charge in [-0.3, -0.25) is 14.7 Å². The summed E-state index contributed by atoms with van der Waals surface area (Å²) in [5, 5.41) is 9.09. The fourth-order valence-corrected chi connectivity index (χ4v) is 2.64. The number of nitrogens with zero attached hydrogens (tertiary/aromatic N) is 2. The molecule has 6 heteroatoms. The van der Waals surface area contributed by atoms with E-state index in [9.17, 15) is 9.59 Å². The standard InChI is InChI=1S/C15H16N4O2/c1-10-9-13(17-14(20)12-7-8-16-18-12)15(21)19(10)11-5-3-2-4-6-11/h2-8,10,13H,9H2,1H3,(H,16,18)(H,17,20). The van der Waals surface area contributed by atoms with Crippen molar-refractivity contribution in [2.45, 2.75) is 25.4 Å². The number of benzene rings is 1. The molecular formula is C15H16N4O2. The Morgan fingerprint density at radius 1 is 1.33 bits per heavy atom. The molecule has 2 aromatic rings. The van der Waals surface area contributed by atoms with Crippen molar-refractivity contribution in [3.8, 4) is 0 Å². The minimum atomic E-state index is -0.504. The van der Waals surface area contributed by atoms with Crippen molar-refractivity contribution in [3.63, 3.8) is 0 Å². The predicted octanol–water partition coefficient (Wildman–Crippen LogP) is 1.33. The second-order valence-corrected chi connectivity index (χ2v) is 5.12. The summed E-state index contributed by atoms with van der Waals surface area (Å²) in [5.74, 6) is -0.394. The number of aromatic nitrogens is 2. The van der Waals surface area contributed by atoms with Gasteiger partial charge in [-0.25, -0.2) is 0 Å². The maximum Gasteiger partial charge on any atom is 0.269 e. The van der Waals surface area contributed by atoms with Gasteiger partial charge in [-0.2, -0.15) is 5.10 Å². The van der Waals surface area contributed by atoms with Gasteiger partial charge in [-0.05, 0) is 31.5 Å². The molecule has 1 saturated heterocycles. The highest BCUT2D eigenvalue weighted by molar-refractivity contribution is 6.03. The van der Waals surface area contributed by atoms with Gasteiger partial charge >= 0.3 is 0 Å². The molecule has 2 heterocycles. The van der Waals surface area contributed by atoms with E-state index in [1.807, 2.05) is 37.3 Å². The molecule has 0 bridgehead atoms. The number of anilines is 1. The van der Waals surface area contributed by atoms with Crippen LogP contribution in [0.15, 0.2) is 42.6 Å². The summed E-state index contributed by atoms with van der Waals surface area (Å²) in [6.45, 7) is 1.98. The molecule has 1 aromatic carbocycles. The van der Waals surface area contributed by atoms with Gasteiger partial charge in [-0.1, -0.05) is 18.2 Å². The van der Waals surface area contributed by atoms with E-state index in [4.69, 9.17) is 0 Å². The highest BCUT2D eigenvalue weighted by Gasteiger charge is 2.38. The minimum absolute atomic E-state index is 0.0481. The number of nitrogens with one attached hydrogen (secondary N) is 2. The highest BCUT2D eigenvalue weighted by Crippen LogP contribution is 2.26. The Morgan fingerprint density at radius 3 is 2.76 bits per heavy atom. The number of rotatable bonds is 3. The highest BCUT2D eigenvalue weighted by atomic mass is 16.2. The number of hydrogen-bond acceptors (Lipinski definition) is 3. The molecule has 2 unspecified atom stereocenters. The van der Waals surface area contributed by atoms with E-state index in [1.54, 1.807) is 11.0 Å². The zero-order valence-electron chi connectivity index (χ0n) is 11.6. The van der Waals surface area contributed by atoms with Gasteiger partial charge in [0.15, 0.2) is 0 Å². The first-order chi connectivity index (χ1) is 10.2. The van der Waals surface area contributed by atoms with E-state index >= 15 is 0 Å². The molecule has 1 aliphatic rings. The van der Waals surface area contributed by atoms with Crippen LogP contribution >= 0.6 is 0 Å². The first-order valence-corrected chi connectivity index (χ1v) is 6.85. The van der Waals surface area contributed by atoms with Crippen molar-refractivity contribution in [3.05, 3.63) is 48.3 Å². The Balaban J connectivity index is 1.75. The molecule has 2 amide bonds. The van der Waals surface area contributed by atoms with Crippen LogP contribution < -0.4 is 10.2 Å². The molecule has 0 radical (unpaired) electrons. The molecule has 0 spiro atoms. The van der Waals surface area contributed by atoms with Gasteiger partial charge in [0.25, 0.3) is 5.91 Å². The van der Waals surface area contributed by atoms with Crippen LogP contribution in [-0.2, 0) is 4.79 Å². The van der Waals surface area contributed by atoms with Crippen molar-refractivity contribution in [2.24, 2.45) is 0 Å². The summed E-state index contributed by atoms with van der Waals surface area (Å²) < 4.78 is 0. The van der Waals surface area contributed by atoms with Crippen molar-refractivity contribution >= 4 is 17.5 Å². The summed E-state index contributed by atoms with van der Waals surface area (Å²) in [4.78, 5) is 26.2. The second-order valence-electron chi connectivity index (χ2n) is 5.12. The maximum absolute atomic E-state index is 12.5. The van der Waals surface area contributed by atoms with Crippen molar-refractivity contribution in [2.75, 3.05) is 4.90 Å². The maximum atomic E-state index is 12.5. The van der Waals surface area contributed by atoms with Crippen LogP contribution in [-0.4, -0.2) is 34.1 Å². The van der Waals surface area contributed by atoms with E-state index in [0.29, 0.717) is 12.1 Å². The van der Waals surface area contributed by atoms with Gasteiger partial charge in [0.2, 0.25) is 5.91 Å². The Labute approximate surface area is 122 Å². The fraction of sp³-hybridized carbons (Fsp3) is 0.267. The quantitative estimate of drug-likeness (QED) is 0.892. The molecular weight excluding hydrogens is 268 g/mol. The Hall–Kier alpha value is -2.63. The van der Waals surface area contributed by atoms with Crippen LogP contribution in [0, 0.1) is 0 Å². The van der Waals surface area contributed by atoms with E-state index in [2.05, 4.69) is 15.5 Å². The average Bonchev–Trinajstić information content (AvgIpc) is 3.09. The Bertz CT molecular complexity index is 639. The normalized spacial score (nSPS) is 21.6. The summed E-state index contributed by atoms with van der Waals surface area (Å²) in [7, 11) is 0. The predicted molar refractivity (Wildman–Crippen MR) is 77.8 cm³/mol. The van der Waals surface area contributed by atoms with Crippen LogP contribution in [0.4, 0.5) is 5.69 Å². The number of carbonyl (C=O) groups is 2. The molecule has 1 aliphatic heterocycles. The number of hydrogen-bond donors (Lipinski definition) is 2. The third kappa shape index (κ3) is 2.52. The summed E-state index contributed by atoms with van der Waals surface area (Å²) in [6, 6.07) is 10.6. The molecule has 3 rings (SSSR count). The third-order valence-corrected chi connectivity index (χ3v) is 3.64. The molecule has 2 N–H and O–H groups in total.